The summed E-state index contributed by atoms with van der Waals surface area (Å²) in [6.07, 6.45) is -4.17. The molecule has 1 aromatic carbocycles. The molecule has 0 aliphatic rings. The number of carbonyl (C=O) groups is 2. The quantitative estimate of drug-likeness (QED) is 0.867. The van der Waals surface area contributed by atoms with Crippen LogP contribution in [0.15, 0.2) is 18.2 Å². The van der Waals surface area contributed by atoms with Crippen LogP contribution in [0.5, 0.6) is 0 Å². The molecule has 0 atom stereocenters. The van der Waals surface area contributed by atoms with Gasteiger partial charge in [-0.05, 0) is 18.2 Å². The van der Waals surface area contributed by atoms with Crippen LogP contribution < -0.4 is 5.32 Å². The second-order valence-electron chi connectivity index (χ2n) is 3.76. The summed E-state index contributed by atoms with van der Waals surface area (Å²) in [7, 11) is 1.37. The Labute approximate surface area is 112 Å². The predicted octanol–water partition coefficient (Wildman–Crippen LogP) is 2.39. The summed E-state index contributed by atoms with van der Waals surface area (Å²) in [4.78, 5) is 22.8. The van der Waals surface area contributed by atoms with Gasteiger partial charge in [-0.1, -0.05) is 11.6 Å². The van der Waals surface area contributed by atoms with Crippen molar-refractivity contribution >= 4 is 29.6 Å². The third-order valence-corrected chi connectivity index (χ3v) is 2.46. The Morgan fingerprint density at radius 2 is 2.11 bits per heavy atom. The third kappa shape index (κ3) is 4.44. The Bertz CT molecular complexity index is 491. The second-order valence-corrected chi connectivity index (χ2v) is 4.17. The largest absolute Gasteiger partial charge is 0.417 e. The van der Waals surface area contributed by atoms with Gasteiger partial charge in [-0.25, -0.2) is 0 Å². The molecule has 0 aliphatic heterocycles. The Hall–Kier alpha value is -1.76. The van der Waals surface area contributed by atoms with E-state index in [-0.39, 0.29) is 12.2 Å². The van der Waals surface area contributed by atoms with Crippen molar-refractivity contribution in [2.45, 2.75) is 6.18 Å². The number of nitrogens with one attached hydrogen (secondary N) is 1. The van der Waals surface area contributed by atoms with Crippen molar-refractivity contribution in [1.29, 1.82) is 0 Å². The molecule has 0 aromatic heterocycles. The lowest BCUT2D eigenvalue weighted by Gasteiger charge is -2.13. The third-order valence-electron chi connectivity index (χ3n) is 2.13. The van der Waals surface area contributed by atoms with Gasteiger partial charge in [0.15, 0.2) is 0 Å². The van der Waals surface area contributed by atoms with Gasteiger partial charge in [0.2, 0.25) is 12.3 Å². The molecule has 2 amide bonds. The molecule has 1 aromatic rings. The van der Waals surface area contributed by atoms with E-state index in [4.69, 9.17) is 11.6 Å². The maximum atomic E-state index is 12.6. The zero-order valence-corrected chi connectivity index (χ0v) is 10.5. The number of amides is 2. The average molecular weight is 295 g/mol. The topological polar surface area (TPSA) is 49.4 Å². The zero-order valence-electron chi connectivity index (χ0n) is 9.79. The standard InChI is InChI=1S/C11H10ClF3N2O2/c1-17(6-18)5-10(19)16-7-2-3-9(12)8(4-7)11(13,14)15/h2-4,6H,5H2,1H3,(H,16,19). The average Bonchev–Trinajstić information content (AvgIpc) is 2.29. The lowest BCUT2D eigenvalue weighted by atomic mass is 10.2. The smallest absolute Gasteiger partial charge is 0.339 e. The van der Waals surface area contributed by atoms with Crippen molar-refractivity contribution in [2.24, 2.45) is 0 Å². The normalized spacial score (nSPS) is 11.0. The van der Waals surface area contributed by atoms with Crippen LogP contribution in [0.3, 0.4) is 0 Å². The Balaban J connectivity index is 2.86. The molecule has 0 bridgehead atoms. The second kappa shape index (κ2) is 5.92. The van der Waals surface area contributed by atoms with E-state index >= 15 is 0 Å². The Morgan fingerprint density at radius 1 is 1.47 bits per heavy atom. The summed E-state index contributed by atoms with van der Waals surface area (Å²) in [5, 5.41) is 1.80. The number of alkyl halides is 3. The minimum atomic E-state index is -4.60. The van der Waals surface area contributed by atoms with Crippen LogP contribution in [-0.2, 0) is 15.8 Å². The number of rotatable bonds is 4. The van der Waals surface area contributed by atoms with Gasteiger partial charge in [-0.15, -0.1) is 0 Å². The van der Waals surface area contributed by atoms with E-state index in [0.717, 1.165) is 17.0 Å². The molecule has 1 N–H and O–H groups in total. The van der Waals surface area contributed by atoms with E-state index in [1.807, 2.05) is 0 Å². The van der Waals surface area contributed by atoms with E-state index in [0.29, 0.717) is 6.41 Å². The number of halogens is 4. The maximum Gasteiger partial charge on any atom is 0.417 e. The van der Waals surface area contributed by atoms with Crippen molar-refractivity contribution in [3.63, 3.8) is 0 Å². The molecule has 1 rings (SSSR count). The van der Waals surface area contributed by atoms with Crippen molar-refractivity contribution in [1.82, 2.24) is 4.90 Å². The molecule has 0 heterocycles. The molecule has 0 aliphatic carbocycles. The number of nitrogens with zero attached hydrogens (tertiary/aromatic N) is 1. The monoisotopic (exact) mass is 294 g/mol. The van der Waals surface area contributed by atoms with E-state index in [2.05, 4.69) is 5.32 Å². The lowest BCUT2D eigenvalue weighted by Crippen LogP contribution is -2.29. The van der Waals surface area contributed by atoms with Crippen LogP contribution in [0.2, 0.25) is 5.02 Å². The van der Waals surface area contributed by atoms with Crippen LogP contribution in [0, 0.1) is 0 Å². The zero-order chi connectivity index (χ0) is 14.6. The number of anilines is 1. The minimum absolute atomic E-state index is 0.0407. The molecule has 19 heavy (non-hydrogen) atoms. The van der Waals surface area contributed by atoms with Gasteiger partial charge in [0.25, 0.3) is 0 Å². The van der Waals surface area contributed by atoms with Gasteiger partial charge in [0.05, 0.1) is 17.1 Å². The molecule has 0 saturated carbocycles. The van der Waals surface area contributed by atoms with Crippen molar-refractivity contribution < 1.29 is 22.8 Å². The summed E-state index contributed by atoms with van der Waals surface area (Å²) in [6.45, 7) is -0.256. The fourth-order valence-corrected chi connectivity index (χ4v) is 1.51. The molecule has 0 fully saturated rings. The number of carbonyl (C=O) groups excluding carboxylic acids is 2. The van der Waals surface area contributed by atoms with Gasteiger partial charge in [0, 0.05) is 12.7 Å². The highest BCUT2D eigenvalue weighted by Crippen LogP contribution is 2.36. The van der Waals surface area contributed by atoms with Gasteiger partial charge < -0.3 is 10.2 Å². The van der Waals surface area contributed by atoms with Crippen molar-refractivity contribution in [3.05, 3.63) is 28.8 Å². The highest BCUT2D eigenvalue weighted by molar-refractivity contribution is 6.31. The number of benzene rings is 1. The number of hydrogen-bond donors (Lipinski definition) is 1. The fraction of sp³-hybridized carbons (Fsp3) is 0.273. The highest BCUT2D eigenvalue weighted by Gasteiger charge is 2.33. The predicted molar refractivity (Wildman–Crippen MR) is 63.8 cm³/mol. The van der Waals surface area contributed by atoms with Crippen molar-refractivity contribution in [3.8, 4) is 0 Å². The first kappa shape index (κ1) is 15.3. The molecule has 4 nitrogen and oxygen atoms in total. The number of likely N-dealkylation sites (N-methyl/N-ethyl adjacent to an activating group) is 1. The van der Waals surface area contributed by atoms with Crippen LogP contribution in [0.1, 0.15) is 5.56 Å². The maximum absolute atomic E-state index is 12.6. The highest BCUT2D eigenvalue weighted by atomic mass is 35.5. The van der Waals surface area contributed by atoms with E-state index in [9.17, 15) is 22.8 Å². The summed E-state index contributed by atoms with van der Waals surface area (Å²) >= 11 is 5.44. The fourth-order valence-electron chi connectivity index (χ4n) is 1.28. The van der Waals surface area contributed by atoms with Crippen LogP contribution in [-0.4, -0.2) is 30.8 Å². The Kier molecular flexibility index (Phi) is 4.77. The first-order valence-corrected chi connectivity index (χ1v) is 5.44. The molecule has 0 radical (unpaired) electrons. The van der Waals surface area contributed by atoms with Gasteiger partial charge in [-0.2, -0.15) is 13.2 Å². The Morgan fingerprint density at radius 3 is 2.63 bits per heavy atom. The molecule has 0 saturated heterocycles. The first-order valence-electron chi connectivity index (χ1n) is 5.06. The summed E-state index contributed by atoms with van der Waals surface area (Å²) < 4.78 is 37.7. The minimum Gasteiger partial charge on any atom is -0.339 e. The molecular weight excluding hydrogens is 285 g/mol. The van der Waals surface area contributed by atoms with E-state index in [1.165, 1.54) is 13.1 Å². The van der Waals surface area contributed by atoms with E-state index < -0.39 is 22.7 Å². The van der Waals surface area contributed by atoms with Crippen LogP contribution in [0.4, 0.5) is 18.9 Å². The summed E-state index contributed by atoms with van der Waals surface area (Å²) in [6, 6.07) is 3.03. The SMILES string of the molecule is CN(C=O)CC(=O)Nc1ccc(Cl)c(C(F)(F)F)c1. The molecular formula is C11H10ClF3N2O2. The lowest BCUT2D eigenvalue weighted by molar-refractivity contribution is -0.137. The molecule has 104 valence electrons. The number of hydrogen-bond acceptors (Lipinski definition) is 2. The van der Waals surface area contributed by atoms with Gasteiger partial charge in [0.1, 0.15) is 0 Å². The van der Waals surface area contributed by atoms with E-state index in [1.54, 1.807) is 0 Å². The van der Waals surface area contributed by atoms with Crippen LogP contribution >= 0.6 is 11.6 Å². The molecule has 0 unspecified atom stereocenters. The summed E-state index contributed by atoms with van der Waals surface area (Å²) in [5.74, 6) is -0.606. The van der Waals surface area contributed by atoms with Gasteiger partial charge in [-0.3, -0.25) is 9.59 Å². The molecule has 8 heteroatoms. The first-order chi connectivity index (χ1) is 8.74. The summed E-state index contributed by atoms with van der Waals surface area (Å²) in [5.41, 5.74) is -1.07. The van der Waals surface area contributed by atoms with Crippen molar-refractivity contribution in [2.75, 3.05) is 18.9 Å². The van der Waals surface area contributed by atoms with Gasteiger partial charge >= 0.3 is 6.18 Å². The molecule has 0 spiro atoms. The van der Waals surface area contributed by atoms with Crippen LogP contribution in [0.25, 0.3) is 0 Å².